The maximum atomic E-state index is 10.2. The molecule has 1 aliphatic rings. The number of aryl methyl sites for hydroxylation is 2. The van der Waals surface area contributed by atoms with Crippen molar-refractivity contribution < 1.29 is 9.84 Å². The van der Waals surface area contributed by atoms with E-state index in [0.717, 1.165) is 35.4 Å². The molecule has 1 N–H and O–H groups in total. The van der Waals surface area contributed by atoms with Gasteiger partial charge in [0.1, 0.15) is 0 Å². The number of rotatable bonds is 4. The van der Waals surface area contributed by atoms with Crippen molar-refractivity contribution in [1.29, 1.82) is 0 Å². The quantitative estimate of drug-likeness (QED) is 0.924. The molecule has 1 saturated heterocycles. The molecule has 0 spiro atoms. The first-order valence-electron chi connectivity index (χ1n) is 6.11. The smallest absolute Gasteiger partial charge is 0.0738 e. The number of aliphatic hydroxyl groups excluding tert-OH is 1. The zero-order valence-electron chi connectivity index (χ0n) is 10.3. The topological polar surface area (TPSA) is 47.3 Å². The summed E-state index contributed by atoms with van der Waals surface area (Å²) in [4.78, 5) is 0. The molecule has 0 saturated carbocycles. The first kappa shape index (κ1) is 13.1. The summed E-state index contributed by atoms with van der Waals surface area (Å²) in [6, 6.07) is 0. The van der Waals surface area contributed by atoms with E-state index in [2.05, 4.69) is 28.0 Å². The number of nitrogens with zero attached hydrogens (tertiary/aromatic N) is 2. The Morgan fingerprint density at radius 2 is 2.41 bits per heavy atom. The van der Waals surface area contributed by atoms with E-state index in [1.54, 1.807) is 0 Å². The Labute approximate surface area is 110 Å². The molecule has 2 unspecified atom stereocenters. The highest BCUT2D eigenvalue weighted by Gasteiger charge is 2.26. The number of halogens is 1. The minimum absolute atomic E-state index is 0.266. The Bertz CT molecular complexity index is 386. The normalized spacial score (nSPS) is 22.0. The lowest BCUT2D eigenvalue weighted by Crippen LogP contribution is -2.24. The van der Waals surface area contributed by atoms with E-state index >= 15 is 0 Å². The molecule has 96 valence electrons. The monoisotopic (exact) mass is 302 g/mol. The summed E-state index contributed by atoms with van der Waals surface area (Å²) in [6.07, 6.45) is 1.26. The summed E-state index contributed by atoms with van der Waals surface area (Å²) in [7, 11) is 0. The number of hydrogen-bond donors (Lipinski definition) is 1. The molecule has 0 radical (unpaired) electrons. The third-order valence-electron chi connectivity index (χ3n) is 3.36. The second kappa shape index (κ2) is 5.50. The highest BCUT2D eigenvalue weighted by Crippen LogP contribution is 2.26. The maximum Gasteiger partial charge on any atom is 0.0738 e. The number of aliphatic hydroxyl groups is 1. The van der Waals surface area contributed by atoms with E-state index in [1.807, 2.05) is 11.6 Å². The van der Waals surface area contributed by atoms with Crippen molar-refractivity contribution in [3.05, 3.63) is 15.9 Å². The van der Waals surface area contributed by atoms with Crippen molar-refractivity contribution in [2.45, 2.75) is 39.3 Å². The zero-order chi connectivity index (χ0) is 12.4. The third kappa shape index (κ3) is 2.72. The lowest BCUT2D eigenvalue weighted by atomic mass is 9.98. The van der Waals surface area contributed by atoms with Crippen LogP contribution in [-0.2, 0) is 17.7 Å². The molecular formula is C12H19BrN2O2. The molecule has 5 heteroatoms. The van der Waals surface area contributed by atoms with Crippen LogP contribution >= 0.6 is 15.9 Å². The molecule has 2 atom stereocenters. The Morgan fingerprint density at radius 3 is 3.00 bits per heavy atom. The van der Waals surface area contributed by atoms with Gasteiger partial charge in [0, 0.05) is 25.5 Å². The van der Waals surface area contributed by atoms with Crippen LogP contribution in [0.4, 0.5) is 0 Å². The molecule has 4 nitrogen and oxygen atoms in total. The van der Waals surface area contributed by atoms with Crippen LogP contribution in [0.1, 0.15) is 24.7 Å². The van der Waals surface area contributed by atoms with Crippen molar-refractivity contribution in [3.8, 4) is 0 Å². The van der Waals surface area contributed by atoms with Crippen LogP contribution in [0.5, 0.6) is 0 Å². The van der Waals surface area contributed by atoms with Gasteiger partial charge in [0.05, 0.1) is 28.6 Å². The molecule has 0 aromatic carbocycles. The lowest BCUT2D eigenvalue weighted by Gasteiger charge is -2.17. The Kier molecular flexibility index (Phi) is 4.22. The van der Waals surface area contributed by atoms with Gasteiger partial charge in [0.25, 0.3) is 0 Å². The first-order valence-corrected chi connectivity index (χ1v) is 6.90. The third-order valence-corrected chi connectivity index (χ3v) is 4.40. The SMILES string of the molecule is CCn1nc(C)c(Br)c1CC(O)C1CCOC1. The van der Waals surface area contributed by atoms with Gasteiger partial charge in [-0.3, -0.25) is 4.68 Å². The molecule has 17 heavy (non-hydrogen) atoms. The Balaban J connectivity index is 2.11. The van der Waals surface area contributed by atoms with E-state index < -0.39 is 0 Å². The van der Waals surface area contributed by atoms with Gasteiger partial charge in [-0.15, -0.1) is 0 Å². The van der Waals surface area contributed by atoms with Gasteiger partial charge >= 0.3 is 0 Å². The van der Waals surface area contributed by atoms with E-state index in [9.17, 15) is 5.11 Å². The second-order valence-electron chi connectivity index (χ2n) is 4.56. The van der Waals surface area contributed by atoms with Crippen molar-refractivity contribution in [1.82, 2.24) is 9.78 Å². The van der Waals surface area contributed by atoms with Gasteiger partial charge < -0.3 is 9.84 Å². The average molecular weight is 303 g/mol. The predicted octanol–water partition coefficient (Wildman–Crippen LogP) is 1.91. The minimum atomic E-state index is -0.338. The number of aromatic nitrogens is 2. The minimum Gasteiger partial charge on any atom is -0.392 e. The van der Waals surface area contributed by atoms with E-state index in [-0.39, 0.29) is 12.0 Å². The molecule has 0 amide bonds. The molecule has 0 aliphatic carbocycles. The fourth-order valence-corrected chi connectivity index (χ4v) is 2.73. The van der Waals surface area contributed by atoms with E-state index in [0.29, 0.717) is 13.0 Å². The van der Waals surface area contributed by atoms with Gasteiger partial charge in [-0.05, 0) is 36.2 Å². The molecule has 1 aromatic heterocycles. The standard InChI is InChI=1S/C12H19BrN2O2/c1-3-15-10(12(13)8(2)14-15)6-11(16)9-4-5-17-7-9/h9,11,16H,3-7H2,1-2H3. The van der Waals surface area contributed by atoms with Crippen LogP contribution in [0.2, 0.25) is 0 Å². The van der Waals surface area contributed by atoms with Crippen LogP contribution in [0.15, 0.2) is 4.47 Å². The van der Waals surface area contributed by atoms with E-state index in [1.165, 1.54) is 0 Å². The molecular weight excluding hydrogens is 284 g/mol. The molecule has 0 bridgehead atoms. The van der Waals surface area contributed by atoms with Crippen molar-refractivity contribution in [2.24, 2.45) is 5.92 Å². The molecule has 1 aliphatic heterocycles. The summed E-state index contributed by atoms with van der Waals surface area (Å²) in [6.45, 7) is 6.32. The van der Waals surface area contributed by atoms with Crippen molar-refractivity contribution >= 4 is 15.9 Å². The molecule has 2 heterocycles. The average Bonchev–Trinajstić information content (AvgIpc) is 2.92. The second-order valence-corrected chi connectivity index (χ2v) is 5.35. The van der Waals surface area contributed by atoms with Gasteiger partial charge in [-0.2, -0.15) is 5.10 Å². The lowest BCUT2D eigenvalue weighted by molar-refractivity contribution is 0.0901. The van der Waals surface area contributed by atoms with E-state index in [4.69, 9.17) is 4.74 Å². The summed E-state index contributed by atoms with van der Waals surface area (Å²) in [5.41, 5.74) is 2.07. The van der Waals surface area contributed by atoms with Crippen LogP contribution < -0.4 is 0 Å². The summed E-state index contributed by atoms with van der Waals surface area (Å²) < 4.78 is 8.30. The summed E-state index contributed by atoms with van der Waals surface area (Å²) in [5.74, 6) is 0.266. The van der Waals surface area contributed by atoms with Gasteiger partial charge in [-0.1, -0.05) is 0 Å². The fraction of sp³-hybridized carbons (Fsp3) is 0.750. The zero-order valence-corrected chi connectivity index (χ0v) is 11.9. The van der Waals surface area contributed by atoms with Gasteiger partial charge in [0.15, 0.2) is 0 Å². The van der Waals surface area contributed by atoms with Crippen LogP contribution in [0.3, 0.4) is 0 Å². The molecule has 2 rings (SSSR count). The van der Waals surface area contributed by atoms with Gasteiger partial charge in [0.2, 0.25) is 0 Å². The largest absolute Gasteiger partial charge is 0.392 e. The van der Waals surface area contributed by atoms with Crippen molar-refractivity contribution in [2.75, 3.05) is 13.2 Å². The molecule has 1 aromatic rings. The fourth-order valence-electron chi connectivity index (χ4n) is 2.28. The van der Waals surface area contributed by atoms with Crippen LogP contribution in [-0.4, -0.2) is 34.2 Å². The maximum absolute atomic E-state index is 10.2. The summed E-state index contributed by atoms with van der Waals surface area (Å²) in [5, 5.41) is 14.6. The van der Waals surface area contributed by atoms with Crippen molar-refractivity contribution in [3.63, 3.8) is 0 Å². The Hall–Kier alpha value is -0.390. The van der Waals surface area contributed by atoms with Crippen LogP contribution in [0.25, 0.3) is 0 Å². The number of hydrogen-bond acceptors (Lipinski definition) is 3. The highest BCUT2D eigenvalue weighted by atomic mass is 79.9. The highest BCUT2D eigenvalue weighted by molar-refractivity contribution is 9.10. The summed E-state index contributed by atoms with van der Waals surface area (Å²) >= 11 is 3.55. The van der Waals surface area contributed by atoms with Crippen LogP contribution in [0, 0.1) is 12.8 Å². The van der Waals surface area contributed by atoms with Gasteiger partial charge in [-0.25, -0.2) is 0 Å². The predicted molar refractivity (Wildman–Crippen MR) is 69.0 cm³/mol. The molecule has 1 fully saturated rings. The first-order chi connectivity index (χ1) is 8.13. The number of ether oxygens (including phenoxy) is 1. The Morgan fingerprint density at radius 1 is 1.65 bits per heavy atom.